The number of aromatic nitrogens is 2. The van der Waals surface area contributed by atoms with Gasteiger partial charge in [0.1, 0.15) is 5.82 Å². The zero-order chi connectivity index (χ0) is 11.9. The van der Waals surface area contributed by atoms with Gasteiger partial charge in [-0.15, -0.1) is 0 Å². The number of carbonyl (C=O) groups is 1. The van der Waals surface area contributed by atoms with Crippen LogP contribution in [0.1, 0.15) is 44.3 Å². The first-order chi connectivity index (χ1) is 8.34. The number of aryl methyl sites for hydroxylation is 1. The van der Waals surface area contributed by atoms with E-state index in [1.54, 1.807) is 6.20 Å². The van der Waals surface area contributed by atoms with E-state index in [1.165, 1.54) is 25.7 Å². The van der Waals surface area contributed by atoms with Crippen LogP contribution in [0.15, 0.2) is 12.4 Å². The molecule has 1 aliphatic carbocycles. The highest BCUT2D eigenvalue weighted by Gasteiger charge is 2.17. The summed E-state index contributed by atoms with van der Waals surface area (Å²) in [4.78, 5) is 18.8. The first kappa shape index (κ1) is 12.1. The quantitative estimate of drug-likeness (QED) is 0.741. The van der Waals surface area contributed by atoms with E-state index >= 15 is 0 Å². The van der Waals surface area contributed by atoms with Gasteiger partial charge in [-0.05, 0) is 25.2 Å². The van der Waals surface area contributed by atoms with Gasteiger partial charge in [-0.3, -0.25) is 4.79 Å². The fraction of sp³-hybridized carbons (Fsp3) is 0.692. The molecule has 4 nitrogen and oxygen atoms in total. The highest BCUT2D eigenvalue weighted by Crippen LogP contribution is 2.27. The molecule has 2 N–H and O–H groups in total. The summed E-state index contributed by atoms with van der Waals surface area (Å²) in [6.45, 7) is 0.756. The summed E-state index contributed by atoms with van der Waals surface area (Å²) in [6, 6.07) is 0. The molecule has 17 heavy (non-hydrogen) atoms. The molecule has 0 aromatic carbocycles. The van der Waals surface area contributed by atoms with Crippen molar-refractivity contribution in [3.05, 3.63) is 18.2 Å². The van der Waals surface area contributed by atoms with Gasteiger partial charge in [0.2, 0.25) is 5.91 Å². The van der Waals surface area contributed by atoms with E-state index < -0.39 is 0 Å². The summed E-state index contributed by atoms with van der Waals surface area (Å²) in [5, 5.41) is 2.99. The fourth-order valence-electron chi connectivity index (χ4n) is 2.47. The lowest BCUT2D eigenvalue weighted by Gasteiger charge is -2.09. The van der Waals surface area contributed by atoms with E-state index in [9.17, 15) is 4.79 Å². The van der Waals surface area contributed by atoms with Crippen LogP contribution in [-0.4, -0.2) is 22.4 Å². The van der Waals surface area contributed by atoms with Crippen LogP contribution in [0.25, 0.3) is 0 Å². The molecule has 1 fully saturated rings. The topological polar surface area (TPSA) is 57.8 Å². The van der Waals surface area contributed by atoms with Crippen molar-refractivity contribution in [1.82, 2.24) is 15.3 Å². The molecule has 0 aliphatic heterocycles. The Hall–Kier alpha value is -1.32. The third-order valence-electron chi connectivity index (χ3n) is 3.42. The Kier molecular flexibility index (Phi) is 4.59. The number of nitrogens with one attached hydrogen (secondary N) is 2. The van der Waals surface area contributed by atoms with E-state index in [-0.39, 0.29) is 5.91 Å². The molecule has 0 bridgehead atoms. The lowest BCUT2D eigenvalue weighted by Crippen LogP contribution is -2.26. The molecule has 1 aliphatic rings. The zero-order valence-corrected chi connectivity index (χ0v) is 10.2. The van der Waals surface area contributed by atoms with Crippen molar-refractivity contribution in [2.45, 2.75) is 44.9 Å². The second kappa shape index (κ2) is 6.42. The van der Waals surface area contributed by atoms with E-state index in [0.717, 1.165) is 31.6 Å². The SMILES string of the molecule is O=C(CC1CCCC1)NCCCc1ncc[nH]1. The number of nitrogens with zero attached hydrogens (tertiary/aromatic N) is 1. The molecule has 1 amide bonds. The third kappa shape index (κ3) is 4.21. The van der Waals surface area contributed by atoms with Gasteiger partial charge in [0.15, 0.2) is 0 Å². The van der Waals surface area contributed by atoms with Crippen LogP contribution in [0.4, 0.5) is 0 Å². The van der Waals surface area contributed by atoms with E-state index in [2.05, 4.69) is 15.3 Å². The van der Waals surface area contributed by atoms with Crippen LogP contribution in [0.2, 0.25) is 0 Å². The summed E-state index contributed by atoms with van der Waals surface area (Å²) in [6.07, 6.45) is 11.2. The summed E-state index contributed by atoms with van der Waals surface area (Å²) >= 11 is 0. The summed E-state index contributed by atoms with van der Waals surface area (Å²) in [5.74, 6) is 1.85. The van der Waals surface area contributed by atoms with E-state index in [0.29, 0.717) is 5.92 Å². The normalized spacial score (nSPS) is 16.2. The Morgan fingerprint density at radius 2 is 2.29 bits per heavy atom. The van der Waals surface area contributed by atoms with Crippen LogP contribution >= 0.6 is 0 Å². The largest absolute Gasteiger partial charge is 0.356 e. The van der Waals surface area contributed by atoms with Gasteiger partial charge in [-0.1, -0.05) is 12.8 Å². The molecule has 0 atom stereocenters. The number of amides is 1. The molecule has 0 unspecified atom stereocenters. The smallest absolute Gasteiger partial charge is 0.220 e. The maximum atomic E-state index is 11.6. The second-order valence-corrected chi connectivity index (χ2v) is 4.84. The number of imidazole rings is 1. The molecule has 1 aromatic rings. The van der Waals surface area contributed by atoms with Crippen molar-refractivity contribution in [1.29, 1.82) is 0 Å². The lowest BCUT2D eigenvalue weighted by atomic mass is 10.0. The highest BCUT2D eigenvalue weighted by atomic mass is 16.1. The minimum atomic E-state index is 0.219. The Labute approximate surface area is 102 Å². The molecule has 0 saturated heterocycles. The second-order valence-electron chi connectivity index (χ2n) is 4.84. The standard InChI is InChI=1S/C13H21N3O/c17-13(10-11-4-1-2-5-11)16-7-3-6-12-14-8-9-15-12/h8-9,11H,1-7,10H2,(H,14,15)(H,16,17). The fourth-order valence-corrected chi connectivity index (χ4v) is 2.47. The molecular formula is C13H21N3O. The van der Waals surface area contributed by atoms with Gasteiger partial charge >= 0.3 is 0 Å². The van der Waals surface area contributed by atoms with Crippen LogP contribution in [-0.2, 0) is 11.2 Å². The molecule has 1 heterocycles. The Morgan fingerprint density at radius 3 is 3.00 bits per heavy atom. The Bertz CT molecular complexity index is 328. The van der Waals surface area contributed by atoms with Gasteiger partial charge in [0, 0.05) is 31.8 Å². The molecule has 1 aromatic heterocycles. The number of hydrogen-bond donors (Lipinski definition) is 2. The van der Waals surface area contributed by atoms with Crippen molar-refractivity contribution < 1.29 is 4.79 Å². The van der Waals surface area contributed by atoms with Crippen LogP contribution in [0.5, 0.6) is 0 Å². The van der Waals surface area contributed by atoms with Gasteiger partial charge < -0.3 is 10.3 Å². The van der Waals surface area contributed by atoms with Crippen LogP contribution < -0.4 is 5.32 Å². The summed E-state index contributed by atoms with van der Waals surface area (Å²) in [5.41, 5.74) is 0. The minimum absolute atomic E-state index is 0.219. The predicted molar refractivity (Wildman–Crippen MR) is 66.5 cm³/mol. The first-order valence-corrected chi connectivity index (χ1v) is 6.59. The Balaban J connectivity index is 1.53. The predicted octanol–water partition coefficient (Wildman–Crippen LogP) is 2.04. The molecule has 94 valence electrons. The van der Waals surface area contributed by atoms with Gasteiger partial charge in [0.05, 0.1) is 0 Å². The molecule has 1 saturated carbocycles. The number of hydrogen-bond acceptors (Lipinski definition) is 2. The summed E-state index contributed by atoms with van der Waals surface area (Å²) < 4.78 is 0. The van der Waals surface area contributed by atoms with E-state index in [1.807, 2.05) is 6.20 Å². The van der Waals surface area contributed by atoms with Crippen LogP contribution in [0, 0.1) is 5.92 Å². The lowest BCUT2D eigenvalue weighted by molar-refractivity contribution is -0.121. The molecule has 4 heteroatoms. The van der Waals surface area contributed by atoms with E-state index in [4.69, 9.17) is 0 Å². The zero-order valence-electron chi connectivity index (χ0n) is 10.2. The van der Waals surface area contributed by atoms with Gasteiger partial charge in [-0.25, -0.2) is 4.98 Å². The van der Waals surface area contributed by atoms with Crippen molar-refractivity contribution in [3.8, 4) is 0 Å². The molecule has 0 spiro atoms. The average Bonchev–Trinajstić information content (AvgIpc) is 2.96. The van der Waals surface area contributed by atoms with Crippen molar-refractivity contribution >= 4 is 5.91 Å². The van der Waals surface area contributed by atoms with Crippen molar-refractivity contribution in [3.63, 3.8) is 0 Å². The van der Waals surface area contributed by atoms with Crippen LogP contribution in [0.3, 0.4) is 0 Å². The number of rotatable bonds is 6. The average molecular weight is 235 g/mol. The summed E-state index contributed by atoms with van der Waals surface area (Å²) in [7, 11) is 0. The van der Waals surface area contributed by atoms with Gasteiger partial charge in [-0.2, -0.15) is 0 Å². The molecule has 2 rings (SSSR count). The minimum Gasteiger partial charge on any atom is -0.356 e. The maximum absolute atomic E-state index is 11.6. The molecular weight excluding hydrogens is 214 g/mol. The van der Waals surface area contributed by atoms with Gasteiger partial charge in [0.25, 0.3) is 0 Å². The monoisotopic (exact) mass is 235 g/mol. The Morgan fingerprint density at radius 1 is 1.47 bits per heavy atom. The third-order valence-corrected chi connectivity index (χ3v) is 3.42. The maximum Gasteiger partial charge on any atom is 0.220 e. The first-order valence-electron chi connectivity index (χ1n) is 6.59. The van der Waals surface area contributed by atoms with Crippen molar-refractivity contribution in [2.24, 2.45) is 5.92 Å². The van der Waals surface area contributed by atoms with Crippen molar-refractivity contribution in [2.75, 3.05) is 6.54 Å². The number of carbonyl (C=O) groups excluding carboxylic acids is 1. The number of aromatic amines is 1. The highest BCUT2D eigenvalue weighted by molar-refractivity contribution is 5.76. The number of H-pyrrole nitrogens is 1. The molecule has 0 radical (unpaired) electrons.